The third kappa shape index (κ3) is 7.07. The molecule has 6 heteroatoms. The van der Waals surface area contributed by atoms with Crippen molar-refractivity contribution in [2.45, 2.75) is 45.6 Å². The van der Waals surface area contributed by atoms with E-state index in [2.05, 4.69) is 22.5 Å². The summed E-state index contributed by atoms with van der Waals surface area (Å²) in [4.78, 5) is 16.3. The molecule has 0 aromatic heterocycles. The van der Waals surface area contributed by atoms with E-state index < -0.39 is 0 Å². The van der Waals surface area contributed by atoms with Crippen LogP contribution in [0.15, 0.2) is 29.3 Å². The highest BCUT2D eigenvalue weighted by atomic mass is 127. The maximum atomic E-state index is 11.9. The first-order valence-corrected chi connectivity index (χ1v) is 8.60. The van der Waals surface area contributed by atoms with Crippen molar-refractivity contribution in [3.8, 4) is 0 Å². The van der Waals surface area contributed by atoms with Crippen molar-refractivity contribution < 1.29 is 4.79 Å². The van der Waals surface area contributed by atoms with Crippen LogP contribution in [0.4, 0.5) is 0 Å². The molecule has 0 radical (unpaired) electrons. The summed E-state index contributed by atoms with van der Waals surface area (Å²) in [7, 11) is 0. The van der Waals surface area contributed by atoms with E-state index in [9.17, 15) is 4.79 Å². The van der Waals surface area contributed by atoms with E-state index in [1.54, 1.807) is 0 Å². The highest BCUT2D eigenvalue weighted by molar-refractivity contribution is 14.0. The number of rotatable bonds is 8. The Morgan fingerprint density at radius 2 is 1.96 bits per heavy atom. The van der Waals surface area contributed by atoms with Gasteiger partial charge in [0.15, 0.2) is 5.96 Å². The lowest BCUT2D eigenvalue weighted by atomic mass is 9.85. The minimum absolute atomic E-state index is 0. The molecular weight excluding hydrogens is 415 g/mol. The van der Waals surface area contributed by atoms with Crippen molar-refractivity contribution in [3.05, 3.63) is 35.4 Å². The largest absolute Gasteiger partial charge is 0.370 e. The number of halogens is 1. The molecule has 1 aromatic rings. The molecule has 0 saturated heterocycles. The Labute approximate surface area is 161 Å². The zero-order chi connectivity index (χ0) is 16.5. The van der Waals surface area contributed by atoms with Gasteiger partial charge in [0, 0.05) is 18.7 Å². The number of hydrogen-bond donors (Lipinski definition) is 3. The first-order valence-electron chi connectivity index (χ1n) is 8.60. The minimum atomic E-state index is -0.0184. The Morgan fingerprint density at radius 3 is 2.54 bits per heavy atom. The van der Waals surface area contributed by atoms with E-state index in [1.807, 2.05) is 24.3 Å². The van der Waals surface area contributed by atoms with Gasteiger partial charge in [-0.15, -0.1) is 24.0 Å². The van der Waals surface area contributed by atoms with Crippen molar-refractivity contribution in [3.63, 3.8) is 0 Å². The van der Waals surface area contributed by atoms with Gasteiger partial charge in [-0.1, -0.05) is 31.9 Å². The van der Waals surface area contributed by atoms with Crippen LogP contribution in [-0.2, 0) is 6.54 Å². The van der Waals surface area contributed by atoms with Crippen molar-refractivity contribution in [1.29, 1.82) is 0 Å². The fourth-order valence-electron chi connectivity index (χ4n) is 2.42. The monoisotopic (exact) mass is 444 g/mol. The van der Waals surface area contributed by atoms with Crippen LogP contribution in [0.25, 0.3) is 0 Å². The zero-order valence-electron chi connectivity index (χ0n) is 14.4. The smallest absolute Gasteiger partial charge is 0.251 e. The predicted octanol–water partition coefficient (Wildman–Crippen LogP) is 3.04. The molecule has 2 rings (SSSR count). The van der Waals surface area contributed by atoms with Crippen LogP contribution in [0.2, 0.25) is 0 Å². The fourth-order valence-corrected chi connectivity index (χ4v) is 2.42. The van der Waals surface area contributed by atoms with Crippen molar-refractivity contribution in [2.75, 3.05) is 13.1 Å². The minimum Gasteiger partial charge on any atom is -0.370 e. The summed E-state index contributed by atoms with van der Waals surface area (Å²) >= 11 is 0. The van der Waals surface area contributed by atoms with Crippen molar-refractivity contribution in [1.82, 2.24) is 10.6 Å². The highest BCUT2D eigenvalue weighted by Crippen LogP contribution is 2.24. The number of nitrogens with zero attached hydrogens (tertiary/aromatic N) is 1. The van der Waals surface area contributed by atoms with Crippen LogP contribution in [0.3, 0.4) is 0 Å². The second-order valence-corrected chi connectivity index (χ2v) is 6.19. The van der Waals surface area contributed by atoms with Crippen LogP contribution in [0.1, 0.15) is 54.9 Å². The average Bonchev–Trinajstić information content (AvgIpc) is 2.52. The summed E-state index contributed by atoms with van der Waals surface area (Å²) in [6.07, 6.45) is 6.00. The van der Waals surface area contributed by atoms with Crippen LogP contribution in [0, 0.1) is 5.92 Å². The van der Waals surface area contributed by atoms with Crippen LogP contribution >= 0.6 is 24.0 Å². The SMILES string of the molecule is CCCCNC(=O)c1ccc(CN=C(N)NCC2CCC2)cc1.I. The lowest BCUT2D eigenvalue weighted by Crippen LogP contribution is -2.37. The van der Waals surface area contributed by atoms with Crippen LogP contribution in [-0.4, -0.2) is 25.0 Å². The van der Waals surface area contributed by atoms with Gasteiger partial charge >= 0.3 is 0 Å². The molecule has 1 amide bonds. The van der Waals surface area contributed by atoms with E-state index in [-0.39, 0.29) is 29.9 Å². The first-order chi connectivity index (χ1) is 11.2. The number of nitrogens with one attached hydrogen (secondary N) is 2. The quantitative estimate of drug-likeness (QED) is 0.250. The standard InChI is InChI=1S/C18H28N4O.HI/c1-2-3-11-20-17(23)16-9-7-15(8-10-16)13-22-18(19)21-12-14-5-4-6-14;/h7-10,14H,2-6,11-13H2,1H3,(H,20,23)(H3,19,21,22);1H. The third-order valence-corrected chi connectivity index (χ3v) is 4.26. The number of hydrogen-bond acceptors (Lipinski definition) is 2. The molecule has 24 heavy (non-hydrogen) atoms. The topological polar surface area (TPSA) is 79.5 Å². The molecular formula is C18H29IN4O. The van der Waals surface area contributed by atoms with Gasteiger partial charge in [-0.25, -0.2) is 4.99 Å². The van der Waals surface area contributed by atoms with Gasteiger partial charge in [-0.05, 0) is 42.9 Å². The molecule has 0 heterocycles. The predicted molar refractivity (Wildman–Crippen MR) is 110 cm³/mol. The summed E-state index contributed by atoms with van der Waals surface area (Å²) in [5, 5.41) is 6.09. The van der Waals surface area contributed by atoms with Crippen LogP contribution in [0.5, 0.6) is 0 Å². The average molecular weight is 444 g/mol. The van der Waals surface area contributed by atoms with Gasteiger partial charge in [0.05, 0.1) is 6.54 Å². The van der Waals surface area contributed by atoms with E-state index in [0.29, 0.717) is 18.1 Å². The second kappa shape index (κ2) is 11.3. The summed E-state index contributed by atoms with van der Waals surface area (Å²) < 4.78 is 0. The van der Waals surface area contributed by atoms with Gasteiger partial charge in [0.1, 0.15) is 0 Å². The number of amides is 1. The lowest BCUT2D eigenvalue weighted by molar-refractivity contribution is 0.0953. The second-order valence-electron chi connectivity index (χ2n) is 6.19. The first kappa shape index (κ1) is 20.7. The summed E-state index contributed by atoms with van der Waals surface area (Å²) in [5.74, 6) is 1.24. The normalized spacial score (nSPS) is 14.5. The Morgan fingerprint density at radius 1 is 1.25 bits per heavy atom. The molecule has 0 spiro atoms. The maximum Gasteiger partial charge on any atom is 0.251 e. The van der Waals surface area contributed by atoms with E-state index in [1.165, 1.54) is 19.3 Å². The van der Waals surface area contributed by atoms with Gasteiger partial charge in [0.2, 0.25) is 0 Å². The number of carbonyl (C=O) groups excluding carboxylic acids is 1. The Bertz CT molecular complexity index is 526. The van der Waals surface area contributed by atoms with Gasteiger partial charge in [0.25, 0.3) is 5.91 Å². The number of unbranched alkanes of at least 4 members (excludes halogenated alkanes) is 1. The number of nitrogens with two attached hydrogens (primary N) is 1. The number of guanidine groups is 1. The molecule has 1 aliphatic carbocycles. The van der Waals surface area contributed by atoms with E-state index in [0.717, 1.165) is 37.4 Å². The molecule has 5 nitrogen and oxygen atoms in total. The van der Waals surface area contributed by atoms with Crippen molar-refractivity contribution >= 4 is 35.8 Å². The lowest BCUT2D eigenvalue weighted by Gasteiger charge is -2.25. The Kier molecular flexibility index (Phi) is 9.75. The Hall–Kier alpha value is -1.31. The molecule has 0 atom stereocenters. The molecule has 1 aliphatic rings. The summed E-state index contributed by atoms with van der Waals surface area (Å²) in [6, 6.07) is 7.53. The fraction of sp³-hybridized carbons (Fsp3) is 0.556. The maximum absolute atomic E-state index is 11.9. The number of benzene rings is 1. The molecule has 1 aromatic carbocycles. The molecule has 0 aliphatic heterocycles. The van der Waals surface area contributed by atoms with Gasteiger partial charge in [-0.3, -0.25) is 4.79 Å². The van der Waals surface area contributed by atoms with E-state index >= 15 is 0 Å². The van der Waals surface area contributed by atoms with Gasteiger partial charge in [-0.2, -0.15) is 0 Å². The Balaban J connectivity index is 0.00000288. The number of carbonyl (C=O) groups is 1. The van der Waals surface area contributed by atoms with Crippen molar-refractivity contribution in [2.24, 2.45) is 16.6 Å². The van der Waals surface area contributed by atoms with Crippen LogP contribution < -0.4 is 16.4 Å². The molecule has 1 saturated carbocycles. The van der Waals surface area contributed by atoms with Gasteiger partial charge < -0.3 is 16.4 Å². The van der Waals surface area contributed by atoms with E-state index in [4.69, 9.17) is 5.73 Å². The number of aliphatic imine (C=N–C) groups is 1. The third-order valence-electron chi connectivity index (χ3n) is 4.26. The summed E-state index contributed by atoms with van der Waals surface area (Å²) in [5.41, 5.74) is 7.60. The molecule has 0 bridgehead atoms. The summed E-state index contributed by atoms with van der Waals surface area (Å²) in [6.45, 7) is 4.28. The zero-order valence-corrected chi connectivity index (χ0v) is 16.7. The highest BCUT2D eigenvalue weighted by Gasteiger charge is 2.16. The molecule has 1 fully saturated rings. The molecule has 4 N–H and O–H groups in total. The molecule has 0 unspecified atom stereocenters. The molecule has 134 valence electrons.